The highest BCUT2D eigenvalue weighted by Gasteiger charge is 2.18. The molecule has 18 heavy (non-hydrogen) atoms. The van der Waals surface area contributed by atoms with E-state index >= 15 is 0 Å². The van der Waals surface area contributed by atoms with Gasteiger partial charge in [0, 0.05) is 18.8 Å². The van der Waals surface area contributed by atoms with E-state index in [1.165, 1.54) is 0 Å². The molecule has 1 saturated heterocycles. The van der Waals surface area contributed by atoms with E-state index in [1.54, 1.807) is 18.7 Å². The predicted octanol–water partition coefficient (Wildman–Crippen LogP) is 0.331. The van der Waals surface area contributed by atoms with Crippen LogP contribution in [0.4, 0.5) is 0 Å². The van der Waals surface area contributed by atoms with Crippen molar-refractivity contribution in [1.29, 1.82) is 0 Å². The Kier molecular flexibility index (Phi) is 7.65. The summed E-state index contributed by atoms with van der Waals surface area (Å²) in [7, 11) is 2.11. The maximum Gasteiger partial charge on any atom is 0.322 e. The smallest absolute Gasteiger partial charge is 0.322 e. The number of likely N-dealkylation sites (N-methyl/N-ethyl adjacent to an activating group) is 1. The van der Waals surface area contributed by atoms with Gasteiger partial charge >= 0.3 is 5.97 Å². The van der Waals surface area contributed by atoms with Gasteiger partial charge in [-0.05, 0) is 26.1 Å². The highest BCUT2D eigenvalue weighted by atomic mass is 32.2. The number of nitrogens with two attached hydrogens (primary N) is 1. The van der Waals surface area contributed by atoms with Crippen molar-refractivity contribution in [2.24, 2.45) is 5.73 Å². The molecule has 0 aromatic carbocycles. The maximum absolute atomic E-state index is 11.3. The number of carbonyl (C=O) groups excluding carboxylic acids is 1. The fraction of sp³-hybridized carbons (Fsp3) is 0.917. The van der Waals surface area contributed by atoms with Gasteiger partial charge in [0.1, 0.15) is 6.04 Å². The third kappa shape index (κ3) is 6.04. The average Bonchev–Trinajstić information content (AvgIpc) is 2.35. The Balaban J connectivity index is 2.05. The summed E-state index contributed by atoms with van der Waals surface area (Å²) in [6.07, 6.45) is 0.957. The van der Waals surface area contributed by atoms with Gasteiger partial charge in [0.25, 0.3) is 0 Å². The van der Waals surface area contributed by atoms with E-state index < -0.39 is 6.04 Å². The molecule has 2 N–H and O–H groups in total. The quantitative estimate of drug-likeness (QED) is 0.534. The zero-order chi connectivity index (χ0) is 13.4. The van der Waals surface area contributed by atoms with Crippen molar-refractivity contribution in [2.75, 3.05) is 44.9 Å². The number of thioether (sulfide) groups is 1. The summed E-state index contributed by atoms with van der Waals surface area (Å²) in [5, 5.41) is 0. The molecule has 1 rings (SSSR count). The molecule has 1 fully saturated rings. The van der Waals surface area contributed by atoms with Crippen LogP contribution in [-0.2, 0) is 14.3 Å². The van der Waals surface area contributed by atoms with Gasteiger partial charge in [0.15, 0.2) is 0 Å². The number of nitrogens with zero attached hydrogens (tertiary/aromatic N) is 1. The Bertz CT molecular complexity index is 253. The molecule has 6 heteroatoms. The first-order chi connectivity index (χ1) is 8.63. The third-order valence-corrected chi connectivity index (χ3v) is 3.94. The number of morpholine rings is 1. The minimum Gasteiger partial charge on any atom is -0.465 e. The lowest BCUT2D eigenvalue weighted by atomic mass is 10.2. The molecule has 2 atom stereocenters. The van der Waals surface area contributed by atoms with Crippen LogP contribution >= 0.6 is 11.8 Å². The Hall–Kier alpha value is -0.300. The van der Waals surface area contributed by atoms with Crippen molar-refractivity contribution in [2.45, 2.75) is 25.5 Å². The summed E-state index contributed by atoms with van der Waals surface area (Å²) >= 11 is 1.79. The summed E-state index contributed by atoms with van der Waals surface area (Å²) in [5.41, 5.74) is 5.72. The van der Waals surface area contributed by atoms with Crippen LogP contribution in [0, 0.1) is 0 Å². The number of rotatable bonds is 7. The first-order valence-corrected chi connectivity index (χ1v) is 7.59. The van der Waals surface area contributed by atoms with Crippen molar-refractivity contribution in [1.82, 2.24) is 4.90 Å². The highest BCUT2D eigenvalue weighted by molar-refractivity contribution is 7.99. The molecule has 1 aliphatic rings. The second kappa shape index (κ2) is 8.74. The first kappa shape index (κ1) is 15.8. The molecule has 5 nitrogen and oxygen atoms in total. The molecule has 0 aromatic heterocycles. The Labute approximate surface area is 113 Å². The van der Waals surface area contributed by atoms with Gasteiger partial charge in [-0.1, -0.05) is 0 Å². The lowest BCUT2D eigenvalue weighted by Gasteiger charge is -2.29. The third-order valence-electron chi connectivity index (χ3n) is 2.81. The zero-order valence-corrected chi connectivity index (χ0v) is 12.1. The average molecular weight is 276 g/mol. The number of ether oxygens (including phenoxy) is 2. The SMILES string of the molecule is CCOC(=O)C(N)CCSCC1CN(C)CCO1. The van der Waals surface area contributed by atoms with Crippen molar-refractivity contribution in [3.05, 3.63) is 0 Å². The molecule has 0 aromatic rings. The van der Waals surface area contributed by atoms with Gasteiger partial charge in [-0.15, -0.1) is 0 Å². The number of carbonyl (C=O) groups is 1. The van der Waals surface area contributed by atoms with Crippen LogP contribution in [0.25, 0.3) is 0 Å². The molecule has 0 bridgehead atoms. The van der Waals surface area contributed by atoms with Crippen molar-refractivity contribution >= 4 is 17.7 Å². The van der Waals surface area contributed by atoms with E-state index in [4.69, 9.17) is 15.2 Å². The minimum atomic E-state index is -0.493. The van der Waals surface area contributed by atoms with Crippen LogP contribution in [0.2, 0.25) is 0 Å². The van der Waals surface area contributed by atoms with E-state index in [9.17, 15) is 4.79 Å². The lowest BCUT2D eigenvalue weighted by molar-refractivity contribution is -0.144. The number of hydrogen-bond acceptors (Lipinski definition) is 6. The van der Waals surface area contributed by atoms with Crippen LogP contribution in [0.15, 0.2) is 0 Å². The molecule has 0 amide bonds. The zero-order valence-electron chi connectivity index (χ0n) is 11.3. The molecule has 2 unspecified atom stereocenters. The summed E-state index contributed by atoms with van der Waals surface area (Å²) < 4.78 is 10.5. The molecule has 1 heterocycles. The summed E-state index contributed by atoms with van der Waals surface area (Å²) in [6, 6.07) is -0.493. The van der Waals surface area contributed by atoms with Crippen LogP contribution in [0.5, 0.6) is 0 Å². The van der Waals surface area contributed by atoms with Crippen molar-refractivity contribution in [3.63, 3.8) is 0 Å². The molecule has 1 aliphatic heterocycles. The molecule has 0 radical (unpaired) electrons. The van der Waals surface area contributed by atoms with Gasteiger partial charge < -0.3 is 20.1 Å². The molecule has 106 valence electrons. The van der Waals surface area contributed by atoms with Gasteiger partial charge in [-0.2, -0.15) is 11.8 Å². The fourth-order valence-electron chi connectivity index (χ4n) is 1.76. The highest BCUT2D eigenvalue weighted by Crippen LogP contribution is 2.12. The molecule has 0 saturated carbocycles. The number of hydrogen-bond donors (Lipinski definition) is 1. The van der Waals surface area contributed by atoms with E-state index in [0.29, 0.717) is 19.1 Å². The second-order valence-corrected chi connectivity index (χ2v) is 5.63. The van der Waals surface area contributed by atoms with Gasteiger partial charge in [-0.25, -0.2) is 0 Å². The summed E-state index contributed by atoms with van der Waals surface area (Å²) in [4.78, 5) is 13.6. The minimum absolute atomic E-state index is 0.299. The van der Waals surface area contributed by atoms with E-state index in [-0.39, 0.29) is 5.97 Å². The van der Waals surface area contributed by atoms with Gasteiger partial charge in [0.2, 0.25) is 0 Å². The van der Waals surface area contributed by atoms with E-state index in [0.717, 1.165) is 31.2 Å². The lowest BCUT2D eigenvalue weighted by Crippen LogP contribution is -2.41. The number of esters is 1. The Morgan fingerprint density at radius 2 is 2.44 bits per heavy atom. The Morgan fingerprint density at radius 1 is 1.67 bits per heavy atom. The molecular weight excluding hydrogens is 252 g/mol. The van der Waals surface area contributed by atoms with E-state index in [2.05, 4.69) is 11.9 Å². The van der Waals surface area contributed by atoms with Crippen LogP contribution in [0.3, 0.4) is 0 Å². The largest absolute Gasteiger partial charge is 0.465 e. The van der Waals surface area contributed by atoms with Gasteiger partial charge in [0.05, 0.1) is 19.3 Å². The van der Waals surface area contributed by atoms with Crippen LogP contribution < -0.4 is 5.73 Å². The van der Waals surface area contributed by atoms with Crippen LogP contribution in [0.1, 0.15) is 13.3 Å². The van der Waals surface area contributed by atoms with Crippen molar-refractivity contribution in [3.8, 4) is 0 Å². The molecule has 0 aliphatic carbocycles. The van der Waals surface area contributed by atoms with Gasteiger partial charge in [-0.3, -0.25) is 4.79 Å². The van der Waals surface area contributed by atoms with Crippen molar-refractivity contribution < 1.29 is 14.3 Å². The Morgan fingerprint density at radius 3 is 3.11 bits per heavy atom. The predicted molar refractivity (Wildman–Crippen MR) is 73.8 cm³/mol. The van der Waals surface area contributed by atoms with Crippen LogP contribution in [-0.4, -0.2) is 67.9 Å². The topological polar surface area (TPSA) is 64.8 Å². The van der Waals surface area contributed by atoms with E-state index in [1.807, 2.05) is 0 Å². The fourth-order valence-corrected chi connectivity index (χ4v) is 2.81. The molecule has 0 spiro atoms. The summed E-state index contributed by atoms with van der Waals surface area (Å²) in [6.45, 7) is 4.98. The standard InChI is InChI=1S/C12H24N2O3S/c1-3-16-12(15)11(13)4-7-18-9-10-8-14(2)5-6-17-10/h10-11H,3-9,13H2,1-2H3. The monoisotopic (exact) mass is 276 g/mol. The first-order valence-electron chi connectivity index (χ1n) is 6.43. The second-order valence-electron chi connectivity index (χ2n) is 4.48. The normalized spacial score (nSPS) is 22.7. The maximum atomic E-state index is 11.3. The summed E-state index contributed by atoms with van der Waals surface area (Å²) in [5.74, 6) is 1.52. The molecular formula is C12H24N2O3S.